The Labute approximate surface area is 223 Å². The summed E-state index contributed by atoms with van der Waals surface area (Å²) in [6.45, 7) is 15.9. The normalized spacial score (nSPS) is 47.8. The molecule has 5 rings (SSSR count). The van der Waals surface area contributed by atoms with E-state index in [1.807, 2.05) is 0 Å². The summed E-state index contributed by atoms with van der Waals surface area (Å²) in [6, 6.07) is 0. The van der Waals surface area contributed by atoms with Gasteiger partial charge in [-0.25, -0.2) is 0 Å². The van der Waals surface area contributed by atoms with E-state index < -0.39 is 11.4 Å². The first-order chi connectivity index (χ1) is 17.1. The largest absolute Gasteiger partial charge is 0.481 e. The third-order valence-corrected chi connectivity index (χ3v) is 13.3. The van der Waals surface area contributed by atoms with Crippen molar-refractivity contribution < 1.29 is 24.5 Å². The highest BCUT2D eigenvalue weighted by Gasteiger charge is 2.70. The average Bonchev–Trinajstić information content (AvgIpc) is 2.80. The van der Waals surface area contributed by atoms with Crippen LogP contribution >= 0.6 is 0 Å². The van der Waals surface area contributed by atoms with Gasteiger partial charge in [0.1, 0.15) is 0 Å². The van der Waals surface area contributed by atoms with Crippen molar-refractivity contribution in [2.45, 2.75) is 119 Å². The van der Waals surface area contributed by atoms with Gasteiger partial charge in [0.25, 0.3) is 0 Å². The molecule has 5 aliphatic rings. The van der Waals surface area contributed by atoms with Crippen LogP contribution in [0.3, 0.4) is 0 Å². The van der Waals surface area contributed by atoms with Crippen molar-refractivity contribution in [2.24, 2.45) is 50.2 Å². The lowest BCUT2D eigenvalue weighted by atomic mass is 9.33. The van der Waals surface area contributed by atoms with Crippen LogP contribution in [-0.2, 0) is 14.3 Å². The van der Waals surface area contributed by atoms with E-state index in [1.54, 1.807) is 0 Å². The average molecular weight is 515 g/mol. The molecule has 0 bridgehead atoms. The van der Waals surface area contributed by atoms with Gasteiger partial charge in [-0.2, -0.15) is 0 Å². The molecule has 0 heterocycles. The fraction of sp³-hybridized carbons (Fsp3) is 0.875. The number of allylic oxidation sites excluding steroid dienone is 2. The van der Waals surface area contributed by atoms with E-state index in [0.29, 0.717) is 12.5 Å². The minimum atomic E-state index is -0.631. The predicted molar refractivity (Wildman–Crippen MR) is 144 cm³/mol. The van der Waals surface area contributed by atoms with E-state index >= 15 is 0 Å². The highest BCUT2D eigenvalue weighted by molar-refractivity contribution is 5.76. The zero-order valence-electron chi connectivity index (χ0n) is 24.3. The Hall–Kier alpha value is -1.36. The highest BCUT2D eigenvalue weighted by atomic mass is 16.5. The van der Waals surface area contributed by atoms with E-state index in [4.69, 9.17) is 4.74 Å². The quantitative estimate of drug-likeness (QED) is 0.320. The van der Waals surface area contributed by atoms with Crippen LogP contribution in [0.5, 0.6) is 0 Å². The maximum absolute atomic E-state index is 12.9. The molecule has 0 saturated heterocycles. The van der Waals surface area contributed by atoms with Crippen molar-refractivity contribution in [1.29, 1.82) is 0 Å². The van der Waals surface area contributed by atoms with E-state index in [9.17, 15) is 19.8 Å². The van der Waals surface area contributed by atoms with Gasteiger partial charge in [0.2, 0.25) is 0 Å². The molecule has 0 amide bonds. The lowest BCUT2D eigenvalue weighted by Gasteiger charge is -2.71. The van der Waals surface area contributed by atoms with Gasteiger partial charge in [0.05, 0.1) is 18.1 Å². The molecule has 208 valence electrons. The van der Waals surface area contributed by atoms with Gasteiger partial charge in [-0.05, 0) is 104 Å². The fourth-order valence-corrected chi connectivity index (χ4v) is 10.8. The second-order valence-electron chi connectivity index (χ2n) is 15.6. The van der Waals surface area contributed by atoms with Crippen LogP contribution in [0.15, 0.2) is 11.6 Å². The molecule has 8 atom stereocenters. The molecule has 5 aliphatic carbocycles. The molecule has 4 fully saturated rings. The van der Waals surface area contributed by atoms with Crippen molar-refractivity contribution in [3.63, 3.8) is 0 Å². The molecular formula is C32H50O5. The number of hydrogen-bond donors (Lipinski definition) is 2. The van der Waals surface area contributed by atoms with Gasteiger partial charge >= 0.3 is 11.9 Å². The first-order valence-electron chi connectivity index (χ1n) is 14.8. The van der Waals surface area contributed by atoms with Crippen LogP contribution in [0.2, 0.25) is 0 Å². The Balaban J connectivity index is 1.63. The minimum absolute atomic E-state index is 0.00163. The Bertz CT molecular complexity index is 1010. The summed E-state index contributed by atoms with van der Waals surface area (Å²) >= 11 is 0. The molecule has 0 unspecified atom stereocenters. The molecule has 0 spiro atoms. The number of aliphatic carboxylic acids is 1. The number of fused-ring (bicyclic) bond motifs is 7. The topological polar surface area (TPSA) is 83.8 Å². The second kappa shape index (κ2) is 8.32. The summed E-state index contributed by atoms with van der Waals surface area (Å²) in [7, 11) is 0. The number of carboxylic acids is 1. The third-order valence-electron chi connectivity index (χ3n) is 13.3. The first kappa shape index (κ1) is 27.2. The van der Waals surface area contributed by atoms with Crippen molar-refractivity contribution in [3.05, 3.63) is 11.6 Å². The van der Waals surface area contributed by atoms with Crippen molar-refractivity contribution in [3.8, 4) is 0 Å². The summed E-state index contributed by atoms with van der Waals surface area (Å²) in [5, 5.41) is 21.6. The van der Waals surface area contributed by atoms with Gasteiger partial charge in [-0.3, -0.25) is 9.59 Å². The third kappa shape index (κ3) is 3.57. The summed E-state index contributed by atoms with van der Waals surface area (Å²) in [4.78, 5) is 24.9. The molecule has 0 radical (unpaired) electrons. The van der Waals surface area contributed by atoms with Crippen LogP contribution in [0.1, 0.15) is 113 Å². The van der Waals surface area contributed by atoms with Crippen LogP contribution in [0.25, 0.3) is 0 Å². The number of ether oxygens (including phenoxy) is 1. The molecule has 0 aliphatic heterocycles. The Morgan fingerprint density at radius 3 is 2.27 bits per heavy atom. The number of hydrogen-bond acceptors (Lipinski definition) is 4. The molecule has 5 heteroatoms. The standard InChI is InChI=1S/C32H50O5/c1-20(33)37-19-32-13-11-25(34)28(4,5)23(32)10-12-30(7)24(32)9-8-21-22-18-27(2,3)14-16-31(22,26(35)36)17-15-29(21,30)6/h8,22-25,34H,9-19H2,1-7H3,(H,35,36)/t22-,23-,24-,25+,29+,30+,31-,32+/m0/s1. The van der Waals surface area contributed by atoms with E-state index in [2.05, 4.69) is 47.6 Å². The number of esters is 1. The van der Waals surface area contributed by atoms with Crippen LogP contribution in [0, 0.1) is 50.2 Å². The maximum Gasteiger partial charge on any atom is 0.310 e. The number of rotatable bonds is 3. The van der Waals surface area contributed by atoms with E-state index in [-0.39, 0.29) is 51.0 Å². The summed E-state index contributed by atoms with van der Waals surface area (Å²) in [5.74, 6) is -0.100. The number of carbonyl (C=O) groups excluding carboxylic acids is 1. The van der Waals surface area contributed by atoms with Crippen LogP contribution in [0.4, 0.5) is 0 Å². The highest BCUT2D eigenvalue weighted by Crippen LogP contribution is 2.75. The molecule has 0 aromatic heterocycles. The summed E-state index contributed by atoms with van der Waals surface area (Å²) < 4.78 is 5.87. The molecule has 0 aromatic rings. The van der Waals surface area contributed by atoms with Crippen molar-refractivity contribution >= 4 is 11.9 Å². The van der Waals surface area contributed by atoms with Gasteiger partial charge in [0, 0.05) is 12.3 Å². The summed E-state index contributed by atoms with van der Waals surface area (Å²) in [5.41, 5.74) is 0.470. The molecule has 2 N–H and O–H groups in total. The minimum Gasteiger partial charge on any atom is -0.481 e. The SMILES string of the molecule is CC(=O)OC[C@]12CC[C@@H](O)C(C)(C)[C@@H]1CC[C@]1(C)[C@@H]2CC=C2[C@@H]3CC(C)(C)CC[C@]3(C(=O)O)CC[C@]21C. The maximum atomic E-state index is 12.9. The Morgan fingerprint density at radius 2 is 1.62 bits per heavy atom. The monoisotopic (exact) mass is 514 g/mol. The van der Waals surface area contributed by atoms with Crippen molar-refractivity contribution in [1.82, 2.24) is 0 Å². The van der Waals surface area contributed by atoms with Crippen LogP contribution in [-0.4, -0.2) is 34.9 Å². The fourth-order valence-electron chi connectivity index (χ4n) is 10.8. The van der Waals surface area contributed by atoms with Gasteiger partial charge in [-0.15, -0.1) is 0 Å². The number of carbonyl (C=O) groups is 2. The Morgan fingerprint density at radius 1 is 0.946 bits per heavy atom. The molecule has 5 nitrogen and oxygen atoms in total. The lowest BCUT2D eigenvalue weighted by Crippen LogP contribution is -2.66. The second-order valence-corrected chi connectivity index (χ2v) is 15.6. The Kier molecular flexibility index (Phi) is 6.12. The smallest absolute Gasteiger partial charge is 0.310 e. The lowest BCUT2D eigenvalue weighted by molar-refractivity contribution is -0.227. The molecule has 0 aromatic carbocycles. The van der Waals surface area contributed by atoms with Gasteiger partial charge < -0.3 is 14.9 Å². The van der Waals surface area contributed by atoms with Crippen LogP contribution < -0.4 is 0 Å². The zero-order valence-corrected chi connectivity index (χ0v) is 24.3. The van der Waals surface area contributed by atoms with Crippen molar-refractivity contribution in [2.75, 3.05) is 6.61 Å². The predicted octanol–water partition coefficient (Wildman–Crippen LogP) is 6.78. The van der Waals surface area contributed by atoms with Gasteiger partial charge in [0.15, 0.2) is 0 Å². The molecular weight excluding hydrogens is 464 g/mol. The number of aliphatic hydroxyl groups excluding tert-OH is 1. The summed E-state index contributed by atoms with van der Waals surface area (Å²) in [6.07, 6.45) is 11.1. The van der Waals surface area contributed by atoms with Gasteiger partial charge in [-0.1, -0.05) is 53.2 Å². The number of aliphatic hydroxyl groups is 1. The molecule has 37 heavy (non-hydrogen) atoms. The first-order valence-corrected chi connectivity index (χ1v) is 14.8. The van der Waals surface area contributed by atoms with E-state index in [0.717, 1.165) is 64.2 Å². The molecule has 4 saturated carbocycles. The number of carboxylic acid groups (broad SMARTS) is 1. The zero-order chi connectivity index (χ0) is 27.2. The van der Waals surface area contributed by atoms with E-state index in [1.165, 1.54) is 12.5 Å².